The zero-order valence-electron chi connectivity index (χ0n) is 10.1. The van der Waals surface area contributed by atoms with Crippen LogP contribution in [-0.2, 0) is 0 Å². The van der Waals surface area contributed by atoms with E-state index in [1.54, 1.807) is 25.1 Å². The summed E-state index contributed by atoms with van der Waals surface area (Å²) in [5, 5.41) is 2.54. The molecule has 1 aromatic heterocycles. The first-order valence-corrected chi connectivity index (χ1v) is 5.27. The van der Waals surface area contributed by atoms with Gasteiger partial charge in [0.25, 0.3) is 5.91 Å². The fourth-order valence-corrected chi connectivity index (χ4v) is 1.47. The summed E-state index contributed by atoms with van der Waals surface area (Å²) in [6.45, 7) is 1.77. The molecule has 0 unspecified atom stereocenters. The number of anilines is 2. The van der Waals surface area contributed by atoms with Gasteiger partial charge in [0.1, 0.15) is 12.0 Å². The van der Waals surface area contributed by atoms with E-state index in [-0.39, 0.29) is 11.9 Å². The van der Waals surface area contributed by atoms with Gasteiger partial charge < -0.3 is 14.9 Å². The number of amides is 1. The Morgan fingerprint density at radius 1 is 1.50 bits per heavy atom. The van der Waals surface area contributed by atoms with Gasteiger partial charge in [-0.25, -0.2) is 0 Å². The number of benzene rings is 1. The van der Waals surface area contributed by atoms with Crippen LogP contribution in [0, 0.1) is 6.92 Å². The molecule has 18 heavy (non-hydrogen) atoms. The summed E-state index contributed by atoms with van der Waals surface area (Å²) in [5.41, 5.74) is 7.19. The van der Waals surface area contributed by atoms with Gasteiger partial charge in [0.15, 0.2) is 0 Å². The number of methoxy groups -OCH3 is 1. The molecule has 0 aliphatic carbocycles. The molecule has 3 N–H and O–H groups in total. The van der Waals surface area contributed by atoms with Crippen molar-refractivity contribution in [3.8, 4) is 5.75 Å². The second-order valence-electron chi connectivity index (χ2n) is 3.71. The van der Waals surface area contributed by atoms with Crippen molar-refractivity contribution in [3.05, 3.63) is 35.7 Å². The smallest absolute Gasteiger partial charge is 0.301 e. The molecule has 0 aliphatic heterocycles. The molecule has 1 heterocycles. The Morgan fingerprint density at radius 2 is 2.28 bits per heavy atom. The molecule has 0 bridgehead atoms. The van der Waals surface area contributed by atoms with E-state index in [2.05, 4.69) is 10.3 Å². The number of hydrogen-bond acceptors (Lipinski definition) is 5. The second-order valence-corrected chi connectivity index (χ2v) is 3.71. The Morgan fingerprint density at radius 3 is 2.89 bits per heavy atom. The fourth-order valence-electron chi connectivity index (χ4n) is 1.47. The Balaban J connectivity index is 2.23. The van der Waals surface area contributed by atoms with Crippen LogP contribution in [0.4, 0.5) is 11.7 Å². The van der Waals surface area contributed by atoms with E-state index < -0.39 is 0 Å². The largest absolute Gasteiger partial charge is 0.496 e. The van der Waals surface area contributed by atoms with Crippen molar-refractivity contribution >= 4 is 17.6 Å². The van der Waals surface area contributed by atoms with E-state index in [0.717, 1.165) is 0 Å². The highest BCUT2D eigenvalue weighted by Crippen LogP contribution is 2.22. The summed E-state index contributed by atoms with van der Waals surface area (Å²) in [5.74, 6) is 0.0319. The first-order chi connectivity index (χ1) is 8.60. The van der Waals surface area contributed by atoms with Crippen LogP contribution in [0.15, 0.2) is 28.9 Å². The minimum atomic E-state index is -0.367. The Bertz CT molecular complexity index is 578. The molecule has 1 amide bonds. The number of carbonyl (C=O) groups is 1. The summed E-state index contributed by atoms with van der Waals surface area (Å²) >= 11 is 0. The van der Waals surface area contributed by atoms with Crippen molar-refractivity contribution in [2.45, 2.75) is 6.92 Å². The zero-order chi connectivity index (χ0) is 13.1. The van der Waals surface area contributed by atoms with Crippen LogP contribution in [0.3, 0.4) is 0 Å². The summed E-state index contributed by atoms with van der Waals surface area (Å²) in [6, 6.07) is 4.93. The molecule has 2 rings (SSSR count). The molecule has 0 fully saturated rings. The van der Waals surface area contributed by atoms with E-state index in [1.807, 2.05) is 0 Å². The number of nitrogens with two attached hydrogens (primary N) is 1. The average Bonchev–Trinajstić information content (AvgIpc) is 2.74. The van der Waals surface area contributed by atoms with E-state index in [1.165, 1.54) is 13.4 Å². The van der Waals surface area contributed by atoms with Crippen molar-refractivity contribution in [3.63, 3.8) is 0 Å². The van der Waals surface area contributed by atoms with Crippen LogP contribution in [0.1, 0.15) is 16.1 Å². The lowest BCUT2D eigenvalue weighted by molar-refractivity contribution is 0.102. The van der Waals surface area contributed by atoms with Crippen LogP contribution in [0.5, 0.6) is 5.75 Å². The van der Waals surface area contributed by atoms with Gasteiger partial charge in [0.2, 0.25) is 0 Å². The lowest BCUT2D eigenvalue weighted by Gasteiger charge is -2.08. The monoisotopic (exact) mass is 247 g/mol. The Labute approximate surface area is 104 Å². The van der Waals surface area contributed by atoms with Crippen molar-refractivity contribution in [1.82, 2.24) is 4.98 Å². The summed E-state index contributed by atoms with van der Waals surface area (Å²) in [6.07, 6.45) is 1.45. The van der Waals surface area contributed by atoms with Gasteiger partial charge in [-0.05, 0) is 19.1 Å². The predicted molar refractivity (Wildman–Crippen MR) is 66.6 cm³/mol. The van der Waals surface area contributed by atoms with Crippen LogP contribution in [0.25, 0.3) is 0 Å². The molecule has 0 aliphatic rings. The molecular weight excluding hydrogens is 234 g/mol. The number of aromatic nitrogens is 1. The number of nitrogens with zero attached hydrogens (tertiary/aromatic N) is 1. The maximum atomic E-state index is 12.0. The molecule has 0 atom stereocenters. The van der Waals surface area contributed by atoms with Gasteiger partial charge in [-0.15, -0.1) is 0 Å². The number of hydrogen-bond donors (Lipinski definition) is 2. The molecule has 1 aromatic carbocycles. The van der Waals surface area contributed by atoms with Crippen molar-refractivity contribution < 1.29 is 13.9 Å². The van der Waals surface area contributed by atoms with Crippen LogP contribution >= 0.6 is 0 Å². The molecule has 0 spiro atoms. The van der Waals surface area contributed by atoms with E-state index >= 15 is 0 Å². The SMILES string of the molecule is COc1cc(N)ccc1C(=O)Nc1nc(C)co1. The molecule has 2 aromatic rings. The number of carbonyl (C=O) groups excluding carboxylic acids is 1. The molecule has 6 heteroatoms. The van der Waals surface area contributed by atoms with Crippen LogP contribution in [0.2, 0.25) is 0 Å². The Kier molecular flexibility index (Phi) is 3.18. The van der Waals surface area contributed by atoms with Gasteiger partial charge in [0, 0.05) is 11.8 Å². The van der Waals surface area contributed by atoms with Gasteiger partial charge in [-0.2, -0.15) is 4.98 Å². The fraction of sp³-hybridized carbons (Fsp3) is 0.167. The van der Waals surface area contributed by atoms with Gasteiger partial charge in [-0.1, -0.05) is 0 Å². The van der Waals surface area contributed by atoms with Gasteiger partial charge in [0.05, 0.1) is 18.4 Å². The number of ether oxygens (including phenoxy) is 1. The van der Waals surface area contributed by atoms with Gasteiger partial charge >= 0.3 is 6.01 Å². The number of oxazole rings is 1. The van der Waals surface area contributed by atoms with Crippen molar-refractivity contribution in [1.29, 1.82) is 0 Å². The average molecular weight is 247 g/mol. The maximum absolute atomic E-state index is 12.0. The number of nitrogen functional groups attached to an aromatic ring is 1. The van der Waals surface area contributed by atoms with Gasteiger partial charge in [-0.3, -0.25) is 10.1 Å². The second kappa shape index (κ2) is 4.79. The molecule has 94 valence electrons. The Hall–Kier alpha value is -2.50. The minimum absolute atomic E-state index is 0.149. The van der Waals surface area contributed by atoms with Crippen molar-refractivity contribution in [2.24, 2.45) is 0 Å². The predicted octanol–water partition coefficient (Wildman–Crippen LogP) is 1.83. The van der Waals surface area contributed by atoms with Crippen LogP contribution < -0.4 is 15.8 Å². The van der Waals surface area contributed by atoms with Crippen LogP contribution in [-0.4, -0.2) is 18.0 Å². The van der Waals surface area contributed by atoms with Crippen molar-refractivity contribution in [2.75, 3.05) is 18.2 Å². The first-order valence-electron chi connectivity index (χ1n) is 5.27. The normalized spacial score (nSPS) is 10.1. The number of rotatable bonds is 3. The summed E-state index contributed by atoms with van der Waals surface area (Å²) < 4.78 is 10.1. The minimum Gasteiger partial charge on any atom is -0.496 e. The molecule has 0 radical (unpaired) electrons. The molecular formula is C12H13N3O3. The van der Waals surface area contributed by atoms with E-state index in [0.29, 0.717) is 22.7 Å². The maximum Gasteiger partial charge on any atom is 0.301 e. The highest BCUT2D eigenvalue weighted by Gasteiger charge is 2.14. The highest BCUT2D eigenvalue weighted by molar-refractivity contribution is 6.05. The molecule has 6 nitrogen and oxygen atoms in total. The zero-order valence-corrected chi connectivity index (χ0v) is 10.1. The first kappa shape index (κ1) is 12.0. The third kappa shape index (κ3) is 2.42. The molecule has 0 saturated carbocycles. The lowest BCUT2D eigenvalue weighted by Crippen LogP contribution is -2.13. The highest BCUT2D eigenvalue weighted by atomic mass is 16.5. The summed E-state index contributed by atoms with van der Waals surface area (Å²) in [7, 11) is 1.47. The standard InChI is InChI=1S/C12H13N3O3/c1-7-6-18-12(14-7)15-11(16)9-4-3-8(13)5-10(9)17-2/h3-6H,13H2,1-2H3,(H,14,15,16). The molecule has 0 saturated heterocycles. The quantitative estimate of drug-likeness (QED) is 0.807. The summed E-state index contributed by atoms with van der Waals surface area (Å²) in [4.78, 5) is 16.0. The topological polar surface area (TPSA) is 90.4 Å². The number of nitrogens with one attached hydrogen (secondary N) is 1. The van der Waals surface area contributed by atoms with E-state index in [4.69, 9.17) is 14.9 Å². The number of aryl methyl sites for hydroxylation is 1. The van der Waals surface area contributed by atoms with E-state index in [9.17, 15) is 4.79 Å². The third-order valence-corrected chi connectivity index (χ3v) is 2.31. The third-order valence-electron chi connectivity index (χ3n) is 2.31. The lowest BCUT2D eigenvalue weighted by atomic mass is 10.1.